The third-order valence-corrected chi connectivity index (χ3v) is 3.85. The number of carbonyl (C=O) groups is 1. The molecule has 106 valence electrons. The van der Waals surface area contributed by atoms with Crippen molar-refractivity contribution in [2.45, 2.75) is 33.2 Å². The van der Waals surface area contributed by atoms with Gasteiger partial charge in [0.1, 0.15) is 0 Å². The Labute approximate surface area is 115 Å². The molecule has 0 radical (unpaired) electrons. The molecule has 0 unspecified atom stereocenters. The molecule has 0 bridgehead atoms. The van der Waals surface area contributed by atoms with Crippen LogP contribution in [0.4, 0.5) is 4.79 Å². The lowest BCUT2D eigenvalue weighted by Gasteiger charge is -2.30. The molecule has 0 atom stereocenters. The molecule has 1 rings (SSSR count). The Morgan fingerprint density at radius 1 is 1.16 bits per heavy atom. The molecular weight excluding hydrogens is 238 g/mol. The first-order valence-electron chi connectivity index (χ1n) is 6.91. The number of urea groups is 1. The average Bonchev–Trinajstić information content (AvgIpc) is 2.48. The Morgan fingerprint density at radius 2 is 1.79 bits per heavy atom. The molecule has 0 aliphatic rings. The number of benzene rings is 1. The molecule has 1 aromatic rings. The fourth-order valence-electron chi connectivity index (χ4n) is 1.97. The Kier molecular flexibility index (Phi) is 6.36. The van der Waals surface area contributed by atoms with Crippen molar-refractivity contribution >= 4 is 6.03 Å². The Hall–Kier alpha value is -1.55. The van der Waals surface area contributed by atoms with Gasteiger partial charge >= 0.3 is 6.03 Å². The molecule has 4 N–H and O–H groups in total. The minimum absolute atomic E-state index is 0.0179. The zero-order valence-corrected chi connectivity index (χ0v) is 11.9. The second kappa shape index (κ2) is 7.79. The zero-order valence-electron chi connectivity index (χ0n) is 11.9. The number of nitrogens with one attached hydrogen (secondary N) is 2. The van der Waals surface area contributed by atoms with Gasteiger partial charge in [-0.1, -0.05) is 44.2 Å². The van der Waals surface area contributed by atoms with E-state index in [0.29, 0.717) is 19.6 Å². The van der Waals surface area contributed by atoms with Crippen molar-refractivity contribution in [1.29, 1.82) is 0 Å². The van der Waals surface area contributed by atoms with Crippen LogP contribution in [0, 0.1) is 5.41 Å². The summed E-state index contributed by atoms with van der Waals surface area (Å²) < 4.78 is 0. The van der Waals surface area contributed by atoms with Crippen LogP contribution < -0.4 is 16.4 Å². The van der Waals surface area contributed by atoms with Gasteiger partial charge < -0.3 is 16.4 Å². The Bertz CT molecular complexity index is 366. The van der Waals surface area contributed by atoms with E-state index in [2.05, 4.69) is 24.5 Å². The number of hydrogen-bond acceptors (Lipinski definition) is 2. The van der Waals surface area contributed by atoms with Gasteiger partial charge in [0.2, 0.25) is 0 Å². The summed E-state index contributed by atoms with van der Waals surface area (Å²) in [4.78, 5) is 11.7. The van der Waals surface area contributed by atoms with Crippen LogP contribution in [-0.4, -0.2) is 19.1 Å². The van der Waals surface area contributed by atoms with Crippen LogP contribution in [0.5, 0.6) is 0 Å². The molecule has 0 saturated carbocycles. The van der Waals surface area contributed by atoms with Crippen LogP contribution >= 0.6 is 0 Å². The maximum atomic E-state index is 11.7. The smallest absolute Gasteiger partial charge is 0.315 e. The van der Waals surface area contributed by atoms with E-state index in [0.717, 1.165) is 18.4 Å². The number of rotatable bonds is 7. The summed E-state index contributed by atoms with van der Waals surface area (Å²) in [7, 11) is 0. The van der Waals surface area contributed by atoms with E-state index in [9.17, 15) is 4.79 Å². The monoisotopic (exact) mass is 263 g/mol. The van der Waals surface area contributed by atoms with Gasteiger partial charge in [0, 0.05) is 13.1 Å². The predicted molar refractivity (Wildman–Crippen MR) is 78.7 cm³/mol. The van der Waals surface area contributed by atoms with Gasteiger partial charge in [0.15, 0.2) is 0 Å². The number of hydrogen-bond donors (Lipinski definition) is 3. The van der Waals surface area contributed by atoms with E-state index in [1.54, 1.807) is 0 Å². The van der Waals surface area contributed by atoms with Crippen molar-refractivity contribution in [3.8, 4) is 0 Å². The fourth-order valence-corrected chi connectivity index (χ4v) is 1.97. The van der Waals surface area contributed by atoms with Crippen molar-refractivity contribution in [3.05, 3.63) is 35.9 Å². The van der Waals surface area contributed by atoms with Crippen molar-refractivity contribution in [1.82, 2.24) is 10.6 Å². The molecule has 4 heteroatoms. The van der Waals surface area contributed by atoms with Crippen LogP contribution in [0.15, 0.2) is 30.3 Å². The lowest BCUT2D eigenvalue weighted by Crippen LogP contribution is -2.45. The van der Waals surface area contributed by atoms with Crippen LogP contribution in [0.1, 0.15) is 32.3 Å². The quantitative estimate of drug-likeness (QED) is 0.706. The molecule has 0 fully saturated rings. The second-order valence-corrected chi connectivity index (χ2v) is 4.93. The summed E-state index contributed by atoms with van der Waals surface area (Å²) in [5, 5.41) is 5.77. The van der Waals surface area contributed by atoms with Crippen molar-refractivity contribution in [2.24, 2.45) is 11.1 Å². The topological polar surface area (TPSA) is 67.1 Å². The summed E-state index contributed by atoms with van der Waals surface area (Å²) >= 11 is 0. The van der Waals surface area contributed by atoms with Crippen LogP contribution in [0.2, 0.25) is 0 Å². The summed E-state index contributed by atoms with van der Waals surface area (Å²) in [5.41, 5.74) is 6.92. The minimum atomic E-state index is -0.136. The normalized spacial score (nSPS) is 11.1. The van der Waals surface area contributed by atoms with Gasteiger partial charge in [-0.15, -0.1) is 0 Å². The lowest BCUT2D eigenvalue weighted by atomic mass is 9.82. The summed E-state index contributed by atoms with van der Waals surface area (Å²) in [5.74, 6) is 0. The largest absolute Gasteiger partial charge is 0.338 e. The Morgan fingerprint density at radius 3 is 2.32 bits per heavy atom. The lowest BCUT2D eigenvalue weighted by molar-refractivity contribution is 0.222. The van der Waals surface area contributed by atoms with Gasteiger partial charge in [0.05, 0.1) is 0 Å². The van der Waals surface area contributed by atoms with Crippen molar-refractivity contribution in [3.63, 3.8) is 0 Å². The highest BCUT2D eigenvalue weighted by atomic mass is 16.2. The summed E-state index contributed by atoms with van der Waals surface area (Å²) in [6, 6.07) is 9.72. The molecule has 0 spiro atoms. The number of amides is 2. The maximum Gasteiger partial charge on any atom is 0.315 e. The van der Waals surface area contributed by atoms with E-state index < -0.39 is 0 Å². The molecule has 4 nitrogen and oxygen atoms in total. The molecule has 0 aromatic heterocycles. The number of carbonyl (C=O) groups excluding carboxylic acids is 1. The third kappa shape index (κ3) is 4.91. The first-order chi connectivity index (χ1) is 9.15. The van der Waals surface area contributed by atoms with Crippen molar-refractivity contribution in [2.75, 3.05) is 13.1 Å². The minimum Gasteiger partial charge on any atom is -0.338 e. The molecular formula is C15H25N3O. The highest BCUT2D eigenvalue weighted by Gasteiger charge is 2.24. The predicted octanol–water partition coefficient (Wildman–Crippen LogP) is 2.25. The maximum absolute atomic E-state index is 11.7. The zero-order chi connectivity index (χ0) is 14.1. The second-order valence-electron chi connectivity index (χ2n) is 4.93. The molecule has 19 heavy (non-hydrogen) atoms. The van der Waals surface area contributed by atoms with Crippen LogP contribution in [0.25, 0.3) is 0 Å². The molecule has 0 aliphatic carbocycles. The van der Waals surface area contributed by atoms with E-state index >= 15 is 0 Å². The Balaban J connectivity index is 2.35. The van der Waals surface area contributed by atoms with E-state index in [-0.39, 0.29) is 11.4 Å². The van der Waals surface area contributed by atoms with E-state index in [1.165, 1.54) is 0 Å². The third-order valence-electron chi connectivity index (χ3n) is 3.85. The van der Waals surface area contributed by atoms with E-state index in [4.69, 9.17) is 5.73 Å². The van der Waals surface area contributed by atoms with Gasteiger partial charge in [-0.05, 0) is 30.4 Å². The first kappa shape index (κ1) is 15.5. The average molecular weight is 263 g/mol. The molecule has 0 saturated heterocycles. The summed E-state index contributed by atoms with van der Waals surface area (Å²) in [6.07, 6.45) is 1.94. The van der Waals surface area contributed by atoms with Gasteiger partial charge in [0.25, 0.3) is 0 Å². The first-order valence-corrected chi connectivity index (χ1v) is 6.91. The molecule has 1 aromatic carbocycles. The fraction of sp³-hybridized carbons (Fsp3) is 0.533. The highest BCUT2D eigenvalue weighted by Crippen LogP contribution is 2.23. The van der Waals surface area contributed by atoms with Gasteiger partial charge in [-0.3, -0.25) is 0 Å². The van der Waals surface area contributed by atoms with E-state index in [1.807, 2.05) is 30.3 Å². The van der Waals surface area contributed by atoms with Crippen LogP contribution in [-0.2, 0) is 6.54 Å². The molecule has 2 amide bonds. The van der Waals surface area contributed by atoms with Crippen LogP contribution in [0.3, 0.4) is 0 Å². The van der Waals surface area contributed by atoms with Crippen molar-refractivity contribution < 1.29 is 4.79 Å². The molecule has 0 heterocycles. The molecule has 0 aliphatic heterocycles. The summed E-state index contributed by atoms with van der Waals surface area (Å²) in [6.45, 7) is 5.98. The SMILES string of the molecule is CCC(CC)(CN)CNC(=O)NCc1ccccc1. The number of nitrogens with two attached hydrogens (primary N) is 1. The van der Waals surface area contributed by atoms with Gasteiger partial charge in [-0.25, -0.2) is 4.79 Å². The highest BCUT2D eigenvalue weighted by molar-refractivity contribution is 5.73. The van der Waals surface area contributed by atoms with Gasteiger partial charge in [-0.2, -0.15) is 0 Å². The standard InChI is InChI=1S/C15H25N3O/c1-3-15(4-2,11-16)12-18-14(19)17-10-13-8-6-5-7-9-13/h5-9H,3-4,10-12,16H2,1-2H3,(H2,17,18,19).